The van der Waals surface area contributed by atoms with Crippen molar-refractivity contribution in [3.05, 3.63) is 53.6 Å². The van der Waals surface area contributed by atoms with Gasteiger partial charge in [-0.25, -0.2) is 0 Å². The molecule has 5 nitrogen and oxygen atoms in total. The number of carbonyl (C=O) groups excluding carboxylic acids is 1. The average molecular weight is 328 g/mol. The number of hydrogen-bond acceptors (Lipinski definition) is 5. The van der Waals surface area contributed by atoms with E-state index in [0.717, 1.165) is 5.56 Å². The van der Waals surface area contributed by atoms with E-state index in [2.05, 4.69) is 0 Å². The van der Waals surface area contributed by atoms with Crippen LogP contribution in [-0.2, 0) is 0 Å². The molecule has 24 heavy (non-hydrogen) atoms. The maximum absolute atomic E-state index is 12.6. The zero-order chi connectivity index (χ0) is 17.5. The van der Waals surface area contributed by atoms with Crippen molar-refractivity contribution in [2.45, 2.75) is 0 Å². The molecule has 0 unspecified atom stereocenters. The van der Waals surface area contributed by atoms with Crippen LogP contribution >= 0.6 is 0 Å². The van der Waals surface area contributed by atoms with Crippen LogP contribution in [0.4, 0.5) is 0 Å². The Morgan fingerprint density at radius 2 is 1.33 bits per heavy atom. The maximum Gasteiger partial charge on any atom is 0.193 e. The zero-order valence-electron chi connectivity index (χ0n) is 14.2. The van der Waals surface area contributed by atoms with Crippen LogP contribution in [-0.4, -0.2) is 34.2 Å². The number of ether oxygens (including phenoxy) is 4. The van der Waals surface area contributed by atoms with Gasteiger partial charge in [0.05, 0.1) is 28.4 Å². The van der Waals surface area contributed by atoms with E-state index < -0.39 is 0 Å². The molecule has 2 aromatic rings. The molecular weight excluding hydrogens is 308 g/mol. The highest BCUT2D eigenvalue weighted by atomic mass is 16.5. The van der Waals surface area contributed by atoms with Crippen LogP contribution in [0.3, 0.4) is 0 Å². The van der Waals surface area contributed by atoms with Crippen molar-refractivity contribution in [3.8, 4) is 23.0 Å². The molecule has 0 N–H and O–H groups in total. The quantitative estimate of drug-likeness (QED) is 0.574. The van der Waals surface area contributed by atoms with Gasteiger partial charge in [-0.15, -0.1) is 0 Å². The number of rotatable bonds is 7. The largest absolute Gasteiger partial charge is 0.496 e. The van der Waals surface area contributed by atoms with Crippen LogP contribution in [0.25, 0.3) is 6.08 Å². The molecule has 0 saturated heterocycles. The first kappa shape index (κ1) is 17.4. The summed E-state index contributed by atoms with van der Waals surface area (Å²) in [6.07, 6.45) is 3.13. The summed E-state index contributed by atoms with van der Waals surface area (Å²) in [7, 11) is 6.15. The van der Waals surface area contributed by atoms with Gasteiger partial charge in [-0.1, -0.05) is 18.2 Å². The van der Waals surface area contributed by atoms with E-state index in [1.165, 1.54) is 20.3 Å². The van der Waals surface area contributed by atoms with E-state index >= 15 is 0 Å². The third kappa shape index (κ3) is 3.51. The third-order valence-electron chi connectivity index (χ3n) is 3.52. The number of benzene rings is 2. The Kier molecular flexibility index (Phi) is 5.84. The topological polar surface area (TPSA) is 54.0 Å². The predicted molar refractivity (Wildman–Crippen MR) is 92.5 cm³/mol. The first-order valence-electron chi connectivity index (χ1n) is 7.30. The highest BCUT2D eigenvalue weighted by Crippen LogP contribution is 2.32. The summed E-state index contributed by atoms with van der Waals surface area (Å²) < 4.78 is 21.1. The fraction of sp³-hybridized carbons (Fsp3) is 0.211. The van der Waals surface area contributed by atoms with Gasteiger partial charge in [0.1, 0.15) is 17.1 Å². The van der Waals surface area contributed by atoms with Crippen molar-refractivity contribution >= 4 is 11.9 Å². The van der Waals surface area contributed by atoms with Gasteiger partial charge in [0, 0.05) is 5.56 Å². The van der Waals surface area contributed by atoms with E-state index in [0.29, 0.717) is 28.6 Å². The maximum atomic E-state index is 12.6. The van der Waals surface area contributed by atoms with E-state index in [1.54, 1.807) is 44.6 Å². The van der Waals surface area contributed by atoms with Crippen LogP contribution in [0.1, 0.15) is 15.9 Å². The molecule has 0 amide bonds. The molecule has 2 rings (SSSR count). The second-order valence-corrected chi connectivity index (χ2v) is 4.82. The molecule has 2 aromatic carbocycles. The number of methoxy groups -OCH3 is 4. The van der Waals surface area contributed by atoms with Crippen molar-refractivity contribution in [2.24, 2.45) is 0 Å². The predicted octanol–water partition coefficient (Wildman–Crippen LogP) is 3.62. The van der Waals surface area contributed by atoms with Crippen molar-refractivity contribution in [1.29, 1.82) is 0 Å². The van der Waals surface area contributed by atoms with Gasteiger partial charge in [-0.2, -0.15) is 0 Å². The summed E-state index contributed by atoms with van der Waals surface area (Å²) in [6, 6.07) is 10.7. The van der Waals surface area contributed by atoms with Gasteiger partial charge in [0.25, 0.3) is 0 Å². The van der Waals surface area contributed by atoms with Crippen molar-refractivity contribution < 1.29 is 23.7 Å². The molecule has 0 bridgehead atoms. The van der Waals surface area contributed by atoms with E-state index in [9.17, 15) is 4.79 Å². The second kappa shape index (κ2) is 8.06. The number of ketones is 1. The summed E-state index contributed by atoms with van der Waals surface area (Å²) in [5.74, 6) is 1.86. The normalized spacial score (nSPS) is 10.5. The number of hydrogen-bond donors (Lipinski definition) is 0. The van der Waals surface area contributed by atoms with Gasteiger partial charge < -0.3 is 18.9 Å². The lowest BCUT2D eigenvalue weighted by Gasteiger charge is -2.11. The molecular formula is C19H20O5. The summed E-state index contributed by atoms with van der Waals surface area (Å²) in [6.45, 7) is 0. The SMILES string of the molecule is COc1cccc(C=CC(=O)c2c(OC)cccc2OC)c1OC. The lowest BCUT2D eigenvalue weighted by atomic mass is 10.1. The molecule has 0 heterocycles. The number of para-hydroxylation sites is 1. The van der Waals surface area contributed by atoms with E-state index in [4.69, 9.17) is 18.9 Å². The summed E-state index contributed by atoms with van der Waals surface area (Å²) in [5, 5.41) is 0. The monoisotopic (exact) mass is 328 g/mol. The second-order valence-electron chi connectivity index (χ2n) is 4.82. The minimum Gasteiger partial charge on any atom is -0.496 e. The summed E-state index contributed by atoms with van der Waals surface area (Å²) in [5.41, 5.74) is 1.11. The van der Waals surface area contributed by atoms with Gasteiger partial charge in [0.2, 0.25) is 0 Å². The Balaban J connectivity index is 2.39. The molecule has 0 spiro atoms. The highest BCUT2D eigenvalue weighted by Gasteiger charge is 2.16. The first-order chi connectivity index (χ1) is 11.7. The first-order valence-corrected chi connectivity index (χ1v) is 7.30. The van der Waals surface area contributed by atoms with Gasteiger partial charge in [-0.05, 0) is 30.4 Å². The summed E-state index contributed by atoms with van der Waals surface area (Å²) >= 11 is 0. The molecule has 0 fully saturated rings. The molecule has 126 valence electrons. The molecule has 0 saturated carbocycles. The Hall–Kier alpha value is -2.95. The molecule has 0 aliphatic heterocycles. The molecule has 0 aliphatic rings. The van der Waals surface area contributed by atoms with Crippen LogP contribution < -0.4 is 18.9 Å². The van der Waals surface area contributed by atoms with Crippen LogP contribution in [0.15, 0.2) is 42.5 Å². The van der Waals surface area contributed by atoms with Gasteiger partial charge in [-0.3, -0.25) is 4.79 Å². The molecule has 0 aliphatic carbocycles. The van der Waals surface area contributed by atoms with Crippen LogP contribution in [0, 0.1) is 0 Å². The lowest BCUT2D eigenvalue weighted by Crippen LogP contribution is -2.02. The summed E-state index contributed by atoms with van der Waals surface area (Å²) in [4.78, 5) is 12.6. The minimum atomic E-state index is -0.228. The number of carbonyl (C=O) groups is 1. The Morgan fingerprint density at radius 3 is 1.88 bits per heavy atom. The van der Waals surface area contributed by atoms with Crippen LogP contribution in [0.5, 0.6) is 23.0 Å². The van der Waals surface area contributed by atoms with E-state index in [-0.39, 0.29) is 5.78 Å². The molecule has 5 heteroatoms. The van der Waals surface area contributed by atoms with E-state index in [1.807, 2.05) is 12.1 Å². The Bertz CT molecular complexity index is 727. The van der Waals surface area contributed by atoms with Crippen molar-refractivity contribution in [1.82, 2.24) is 0 Å². The molecule has 0 aromatic heterocycles. The van der Waals surface area contributed by atoms with Gasteiger partial charge >= 0.3 is 0 Å². The van der Waals surface area contributed by atoms with Crippen molar-refractivity contribution in [2.75, 3.05) is 28.4 Å². The Labute approximate surface area is 141 Å². The molecule has 0 radical (unpaired) electrons. The van der Waals surface area contributed by atoms with Crippen molar-refractivity contribution in [3.63, 3.8) is 0 Å². The van der Waals surface area contributed by atoms with Crippen LogP contribution in [0.2, 0.25) is 0 Å². The zero-order valence-corrected chi connectivity index (χ0v) is 14.2. The Morgan fingerprint density at radius 1 is 0.792 bits per heavy atom. The average Bonchev–Trinajstić information content (AvgIpc) is 2.64. The fourth-order valence-corrected chi connectivity index (χ4v) is 2.39. The smallest absolute Gasteiger partial charge is 0.193 e. The highest BCUT2D eigenvalue weighted by molar-refractivity contribution is 6.10. The minimum absolute atomic E-state index is 0.228. The third-order valence-corrected chi connectivity index (χ3v) is 3.52. The number of allylic oxidation sites excluding steroid dienone is 1. The molecule has 0 atom stereocenters. The van der Waals surface area contributed by atoms with Gasteiger partial charge in [0.15, 0.2) is 17.3 Å². The lowest BCUT2D eigenvalue weighted by molar-refractivity contribution is 0.104. The standard InChI is InChI=1S/C19H20O5/c1-21-15-8-6-9-16(22-2)18(15)14(20)12-11-13-7-5-10-17(23-3)19(13)24-4/h5-12H,1-4H3. The fourth-order valence-electron chi connectivity index (χ4n) is 2.39.